The number of nitrogens with one attached hydrogen (secondary N) is 2. The summed E-state index contributed by atoms with van der Waals surface area (Å²) >= 11 is 19.5. The molecule has 59 heavy (non-hydrogen) atoms. The molecule has 2 saturated heterocycles. The number of alkyl halides is 3. The number of rotatable bonds is 17. The van der Waals surface area contributed by atoms with Crippen molar-refractivity contribution in [1.82, 2.24) is 15.5 Å². The summed E-state index contributed by atoms with van der Waals surface area (Å²) in [5.41, 5.74) is -0.134. The summed E-state index contributed by atoms with van der Waals surface area (Å²) in [7, 11) is 1.89. The Balaban J connectivity index is 1.43. The van der Waals surface area contributed by atoms with E-state index in [4.69, 9.17) is 49.0 Å². The van der Waals surface area contributed by atoms with Crippen molar-refractivity contribution in [3.05, 3.63) is 75.3 Å². The van der Waals surface area contributed by atoms with E-state index in [1.807, 2.05) is 11.9 Å². The molecule has 2 fully saturated rings. The van der Waals surface area contributed by atoms with E-state index in [0.29, 0.717) is 12.3 Å². The Morgan fingerprint density at radius 3 is 2.19 bits per heavy atom. The van der Waals surface area contributed by atoms with E-state index in [1.165, 1.54) is 43.3 Å². The van der Waals surface area contributed by atoms with Crippen LogP contribution in [0.4, 0.5) is 5.69 Å². The number of likely N-dealkylation sites (tertiary alicyclic amines) is 1. The standard InChI is InChI=1S/C39H51Cl3N4O12S/c1-7-8-21-17-27(45(5)18-21)34(50)44-28(20(2)40)32-30(48)31(49)33(39(4,58-32)59-6)57-36(52)24-11-9-23(10-12-24)35(51)56-19-26(43-37(53)38(3,41)42)29(47)22-13-15-25(16-14-22)46(54)55/h9-16,20-21,26-33,47-49H,7-8,17-19H2,1-6H3,(H,43,53)(H,44,50)/t20?,21?,26?,27?,28?,29?,30-,31+,32-,33-,39-/m1/s1. The van der Waals surface area contributed by atoms with Crippen LogP contribution in [-0.4, -0.2) is 133 Å². The van der Waals surface area contributed by atoms with Gasteiger partial charge in [0.2, 0.25) is 5.91 Å². The van der Waals surface area contributed by atoms with Crippen molar-refractivity contribution in [2.24, 2.45) is 5.92 Å². The molecule has 4 rings (SSSR count). The van der Waals surface area contributed by atoms with Crippen molar-refractivity contribution in [3.63, 3.8) is 0 Å². The van der Waals surface area contributed by atoms with Crippen molar-refractivity contribution < 1.29 is 53.6 Å². The molecule has 0 saturated carbocycles. The van der Waals surface area contributed by atoms with Gasteiger partial charge in [0.25, 0.3) is 11.6 Å². The topological polar surface area (TPSA) is 227 Å². The third-order valence-electron chi connectivity index (χ3n) is 10.6. The first kappa shape index (κ1) is 48.4. The smallest absolute Gasteiger partial charge is 0.338 e. The van der Waals surface area contributed by atoms with Gasteiger partial charge in [0.15, 0.2) is 15.4 Å². The van der Waals surface area contributed by atoms with Crippen LogP contribution in [0.3, 0.4) is 0 Å². The number of non-ortho nitro benzene ring substituents is 1. The highest BCUT2D eigenvalue weighted by atomic mass is 35.5. The first-order valence-corrected chi connectivity index (χ1v) is 21.4. The number of thioether (sulfide) groups is 1. The van der Waals surface area contributed by atoms with E-state index in [0.717, 1.165) is 43.3 Å². The summed E-state index contributed by atoms with van der Waals surface area (Å²) in [6.45, 7) is 6.72. The molecule has 0 aliphatic carbocycles. The fourth-order valence-electron chi connectivity index (χ4n) is 7.17. The van der Waals surface area contributed by atoms with Crippen LogP contribution in [0.5, 0.6) is 0 Å². The summed E-state index contributed by atoms with van der Waals surface area (Å²) in [5, 5.41) is 49.5. The zero-order chi connectivity index (χ0) is 44.0. The highest BCUT2D eigenvalue weighted by Gasteiger charge is 2.56. The van der Waals surface area contributed by atoms with Crippen molar-refractivity contribution in [2.45, 2.75) is 110 Å². The summed E-state index contributed by atoms with van der Waals surface area (Å²) < 4.78 is 15.5. The number of carbonyl (C=O) groups is 4. The van der Waals surface area contributed by atoms with Crippen LogP contribution in [0.15, 0.2) is 48.5 Å². The molecule has 2 aliphatic rings. The van der Waals surface area contributed by atoms with Crippen LogP contribution in [0.2, 0.25) is 0 Å². The Labute approximate surface area is 361 Å². The average Bonchev–Trinajstić information content (AvgIpc) is 3.57. The van der Waals surface area contributed by atoms with Crippen LogP contribution in [0.1, 0.15) is 79.3 Å². The van der Waals surface area contributed by atoms with Crippen molar-refractivity contribution in [1.29, 1.82) is 0 Å². The highest BCUT2D eigenvalue weighted by molar-refractivity contribution is 7.99. The molecule has 16 nitrogen and oxygen atoms in total. The maximum atomic E-state index is 13.5. The van der Waals surface area contributed by atoms with E-state index >= 15 is 0 Å². The molecule has 20 heteroatoms. The molecule has 0 radical (unpaired) electrons. The zero-order valence-electron chi connectivity index (χ0n) is 33.4. The van der Waals surface area contributed by atoms with Crippen LogP contribution < -0.4 is 10.6 Å². The first-order chi connectivity index (χ1) is 27.6. The number of nitro benzene ring substituents is 1. The lowest BCUT2D eigenvalue weighted by molar-refractivity contribution is -0.384. The molecular formula is C39H51Cl3N4O12S. The van der Waals surface area contributed by atoms with E-state index in [1.54, 1.807) is 20.1 Å². The van der Waals surface area contributed by atoms with Crippen LogP contribution in [-0.2, 0) is 23.8 Å². The van der Waals surface area contributed by atoms with E-state index in [9.17, 15) is 44.6 Å². The molecule has 2 aliphatic heterocycles. The fraction of sp³-hybridized carbons (Fsp3) is 0.590. The lowest BCUT2D eigenvalue weighted by Crippen LogP contribution is -2.68. The van der Waals surface area contributed by atoms with Gasteiger partial charge in [-0.05, 0) is 94.8 Å². The molecule has 2 aromatic carbocycles. The fourth-order valence-corrected chi connectivity index (χ4v) is 8.12. The number of aliphatic hydroxyl groups is 3. The minimum absolute atomic E-state index is 0.0300. The molecule has 11 atom stereocenters. The van der Waals surface area contributed by atoms with Gasteiger partial charge in [-0.2, -0.15) is 0 Å². The number of esters is 2. The number of likely N-dealkylation sites (N-methyl/N-ethyl adjacent to an activating group) is 1. The monoisotopic (exact) mass is 904 g/mol. The quantitative estimate of drug-likeness (QED) is 0.0652. The third kappa shape index (κ3) is 12.0. The minimum atomic E-state index is -1.91. The number of benzene rings is 2. The number of hydrogen-bond donors (Lipinski definition) is 5. The van der Waals surface area contributed by atoms with Gasteiger partial charge >= 0.3 is 11.9 Å². The lowest BCUT2D eigenvalue weighted by Gasteiger charge is -2.50. The predicted molar refractivity (Wildman–Crippen MR) is 222 cm³/mol. The highest BCUT2D eigenvalue weighted by Crippen LogP contribution is 2.41. The number of hydrogen-bond acceptors (Lipinski definition) is 14. The molecule has 0 spiro atoms. The Kier molecular flexibility index (Phi) is 16.8. The van der Waals surface area contributed by atoms with Gasteiger partial charge < -0.3 is 40.2 Å². The SMILES string of the molecule is CCCC1CC(C(=O)NC(C(C)Cl)[C@H]2O[C@](C)(SC)[C@H](OC(=O)c3ccc(C(=O)OCC(NC(=O)C(C)(Cl)Cl)C(O)c4ccc([N+](=O)[O-])cc4)cc3)[C@@H](O)[C@H]2O)N(C)C1. The van der Waals surface area contributed by atoms with Crippen LogP contribution in [0, 0.1) is 16.0 Å². The Morgan fingerprint density at radius 2 is 1.66 bits per heavy atom. The average molecular weight is 906 g/mol. The van der Waals surface area contributed by atoms with E-state index in [-0.39, 0.29) is 28.3 Å². The molecule has 2 aromatic rings. The summed E-state index contributed by atoms with van der Waals surface area (Å²) in [5.74, 6) is -2.62. The molecule has 0 bridgehead atoms. The zero-order valence-corrected chi connectivity index (χ0v) is 36.5. The number of carbonyl (C=O) groups excluding carboxylic acids is 4. The summed E-state index contributed by atoms with van der Waals surface area (Å²) in [6.07, 6.45) is -3.01. The van der Waals surface area contributed by atoms with Gasteiger partial charge in [0.05, 0.1) is 39.6 Å². The number of aliphatic hydroxyl groups excluding tert-OH is 3. The van der Waals surface area contributed by atoms with Crippen molar-refractivity contribution >= 4 is 76.0 Å². The molecule has 2 heterocycles. The van der Waals surface area contributed by atoms with Gasteiger partial charge in [-0.1, -0.05) is 36.5 Å². The Bertz CT molecular complexity index is 1800. The first-order valence-electron chi connectivity index (χ1n) is 18.9. The summed E-state index contributed by atoms with van der Waals surface area (Å²) in [6, 6.07) is 7.33. The largest absolute Gasteiger partial charge is 0.460 e. The second-order valence-electron chi connectivity index (χ2n) is 15.1. The summed E-state index contributed by atoms with van der Waals surface area (Å²) in [4.78, 5) is 63.6. The molecule has 0 aromatic heterocycles. The minimum Gasteiger partial charge on any atom is -0.460 e. The molecular weight excluding hydrogens is 855 g/mol. The van der Waals surface area contributed by atoms with E-state index in [2.05, 4.69) is 17.6 Å². The van der Waals surface area contributed by atoms with Gasteiger partial charge in [0, 0.05) is 18.7 Å². The number of halogens is 3. The van der Waals surface area contributed by atoms with Gasteiger partial charge in [-0.25, -0.2) is 9.59 Å². The second-order valence-corrected chi connectivity index (χ2v) is 18.7. The normalized spacial score (nSPS) is 26.8. The van der Waals surface area contributed by atoms with Crippen LogP contribution in [0.25, 0.3) is 0 Å². The Hall–Kier alpha value is -3.26. The number of nitro groups is 1. The predicted octanol–water partition coefficient (Wildman–Crippen LogP) is 4.12. The van der Waals surface area contributed by atoms with Gasteiger partial charge in [0.1, 0.15) is 31.0 Å². The van der Waals surface area contributed by atoms with Gasteiger partial charge in [-0.3, -0.25) is 24.6 Å². The van der Waals surface area contributed by atoms with Gasteiger partial charge in [-0.15, -0.1) is 23.4 Å². The van der Waals surface area contributed by atoms with E-state index < -0.39 is 92.7 Å². The molecule has 326 valence electrons. The van der Waals surface area contributed by atoms with Crippen molar-refractivity contribution in [2.75, 3.05) is 26.5 Å². The number of amides is 2. The Morgan fingerprint density at radius 1 is 1.07 bits per heavy atom. The third-order valence-corrected chi connectivity index (χ3v) is 12.4. The lowest BCUT2D eigenvalue weighted by atomic mass is 9.89. The molecule has 5 N–H and O–H groups in total. The van der Waals surface area contributed by atoms with Crippen LogP contribution >= 0.6 is 46.6 Å². The maximum Gasteiger partial charge on any atom is 0.338 e. The number of nitrogens with zero attached hydrogens (tertiary/aromatic N) is 2. The molecule has 2 amide bonds. The second kappa shape index (κ2) is 20.5. The number of ether oxygens (including phenoxy) is 3. The maximum absolute atomic E-state index is 13.5. The van der Waals surface area contributed by atoms with Crippen molar-refractivity contribution in [3.8, 4) is 0 Å². The molecule has 6 unspecified atom stereocenters.